The molecule has 0 aromatic heterocycles. The largest absolute Gasteiger partial charge is 0.355 e. The van der Waals surface area contributed by atoms with E-state index in [0.717, 1.165) is 19.3 Å². The zero-order chi connectivity index (χ0) is 14.7. The molecule has 1 rings (SSSR count). The first-order valence-corrected chi connectivity index (χ1v) is 8.53. The van der Waals surface area contributed by atoms with Crippen LogP contribution in [0.5, 0.6) is 0 Å². The van der Waals surface area contributed by atoms with Crippen molar-refractivity contribution in [3.05, 3.63) is 0 Å². The molecule has 0 saturated heterocycles. The Bertz CT molecular complexity index is 412. The fourth-order valence-electron chi connectivity index (χ4n) is 2.26. The third-order valence-corrected chi connectivity index (χ3v) is 6.40. The van der Waals surface area contributed by atoms with Gasteiger partial charge in [-0.2, -0.15) is 0 Å². The van der Waals surface area contributed by atoms with Gasteiger partial charge in [0, 0.05) is 19.0 Å². The molecule has 0 heterocycles. The summed E-state index contributed by atoms with van der Waals surface area (Å²) in [5, 5.41) is 2.68. The SMILES string of the molecule is CC(C)(C)S(=O)(=O)CCNC(=O)C[C@@H]1CCC[C@H]1N. The molecule has 1 fully saturated rings. The molecule has 6 heteroatoms. The van der Waals surface area contributed by atoms with Crippen molar-refractivity contribution in [2.24, 2.45) is 11.7 Å². The van der Waals surface area contributed by atoms with Crippen LogP contribution < -0.4 is 11.1 Å². The molecule has 0 bridgehead atoms. The van der Waals surface area contributed by atoms with E-state index in [2.05, 4.69) is 5.32 Å². The van der Waals surface area contributed by atoms with Crippen molar-refractivity contribution in [2.75, 3.05) is 12.3 Å². The van der Waals surface area contributed by atoms with Gasteiger partial charge in [0.15, 0.2) is 9.84 Å². The van der Waals surface area contributed by atoms with Crippen LogP contribution in [0.25, 0.3) is 0 Å². The molecule has 1 saturated carbocycles. The predicted molar refractivity (Wildman–Crippen MR) is 76.5 cm³/mol. The van der Waals surface area contributed by atoms with E-state index < -0.39 is 14.6 Å². The van der Waals surface area contributed by atoms with Crippen LogP contribution >= 0.6 is 0 Å². The summed E-state index contributed by atoms with van der Waals surface area (Å²) >= 11 is 0. The molecular formula is C13H26N2O3S. The second-order valence-electron chi connectivity index (χ2n) is 6.34. The molecule has 0 unspecified atom stereocenters. The second-order valence-corrected chi connectivity index (χ2v) is 9.20. The van der Waals surface area contributed by atoms with Crippen LogP contribution in [-0.2, 0) is 14.6 Å². The van der Waals surface area contributed by atoms with Gasteiger partial charge < -0.3 is 11.1 Å². The third kappa shape index (κ3) is 4.76. The molecular weight excluding hydrogens is 264 g/mol. The Morgan fingerprint density at radius 2 is 1.95 bits per heavy atom. The highest BCUT2D eigenvalue weighted by Crippen LogP contribution is 2.26. The van der Waals surface area contributed by atoms with E-state index in [-0.39, 0.29) is 30.2 Å². The monoisotopic (exact) mass is 290 g/mol. The third-order valence-electron chi connectivity index (χ3n) is 3.79. The van der Waals surface area contributed by atoms with Gasteiger partial charge in [0.05, 0.1) is 10.5 Å². The standard InChI is InChI=1S/C13H26N2O3S/c1-13(2,3)19(17,18)8-7-15-12(16)9-10-5-4-6-11(10)14/h10-11H,4-9,14H2,1-3H3,(H,15,16)/t10-,11+/m0/s1. The Kier molecular flexibility index (Phi) is 5.38. The lowest BCUT2D eigenvalue weighted by Crippen LogP contribution is -2.37. The number of nitrogens with one attached hydrogen (secondary N) is 1. The summed E-state index contributed by atoms with van der Waals surface area (Å²) in [6.45, 7) is 5.19. The summed E-state index contributed by atoms with van der Waals surface area (Å²) in [5.74, 6) is 0.143. The summed E-state index contributed by atoms with van der Waals surface area (Å²) in [4.78, 5) is 11.7. The first-order valence-electron chi connectivity index (χ1n) is 6.88. The predicted octanol–water partition coefficient (Wildman–Crippen LogP) is 0.833. The summed E-state index contributed by atoms with van der Waals surface area (Å²) in [7, 11) is -3.17. The van der Waals surface area contributed by atoms with E-state index >= 15 is 0 Å². The Labute approximate surface area is 116 Å². The molecule has 19 heavy (non-hydrogen) atoms. The van der Waals surface area contributed by atoms with Gasteiger partial charge in [-0.25, -0.2) is 8.42 Å². The van der Waals surface area contributed by atoms with Crippen molar-refractivity contribution in [1.82, 2.24) is 5.32 Å². The zero-order valence-electron chi connectivity index (χ0n) is 12.1. The molecule has 0 aromatic carbocycles. The van der Waals surface area contributed by atoms with Gasteiger partial charge in [0.1, 0.15) is 0 Å². The van der Waals surface area contributed by atoms with Crippen LogP contribution in [0.15, 0.2) is 0 Å². The molecule has 1 amide bonds. The van der Waals surface area contributed by atoms with Gasteiger partial charge >= 0.3 is 0 Å². The minimum atomic E-state index is -3.17. The highest BCUT2D eigenvalue weighted by molar-refractivity contribution is 7.92. The number of rotatable bonds is 5. The van der Waals surface area contributed by atoms with Gasteiger partial charge in [0.2, 0.25) is 5.91 Å². The van der Waals surface area contributed by atoms with Crippen molar-refractivity contribution in [2.45, 2.75) is 57.2 Å². The first-order chi connectivity index (χ1) is 8.63. The van der Waals surface area contributed by atoms with E-state index in [1.807, 2.05) is 0 Å². The Balaban J connectivity index is 2.32. The van der Waals surface area contributed by atoms with Crippen molar-refractivity contribution < 1.29 is 13.2 Å². The molecule has 0 radical (unpaired) electrons. The fraction of sp³-hybridized carbons (Fsp3) is 0.923. The molecule has 1 aliphatic carbocycles. The zero-order valence-corrected chi connectivity index (χ0v) is 12.9. The van der Waals surface area contributed by atoms with Crippen LogP contribution in [0.1, 0.15) is 46.5 Å². The van der Waals surface area contributed by atoms with Crippen molar-refractivity contribution in [1.29, 1.82) is 0 Å². The van der Waals surface area contributed by atoms with Gasteiger partial charge in [0.25, 0.3) is 0 Å². The molecule has 0 spiro atoms. The molecule has 112 valence electrons. The number of hydrogen-bond donors (Lipinski definition) is 2. The van der Waals surface area contributed by atoms with E-state index in [4.69, 9.17) is 5.73 Å². The molecule has 0 aliphatic heterocycles. The average molecular weight is 290 g/mol. The average Bonchev–Trinajstić information content (AvgIpc) is 2.62. The highest BCUT2D eigenvalue weighted by Gasteiger charge is 2.29. The van der Waals surface area contributed by atoms with Gasteiger partial charge in [-0.15, -0.1) is 0 Å². The topological polar surface area (TPSA) is 89.3 Å². The van der Waals surface area contributed by atoms with E-state index in [9.17, 15) is 13.2 Å². The van der Waals surface area contributed by atoms with Gasteiger partial charge in [-0.1, -0.05) is 6.42 Å². The highest BCUT2D eigenvalue weighted by atomic mass is 32.2. The number of amides is 1. The van der Waals surface area contributed by atoms with Crippen molar-refractivity contribution in [3.8, 4) is 0 Å². The lowest BCUT2D eigenvalue weighted by atomic mass is 10.00. The summed E-state index contributed by atoms with van der Waals surface area (Å²) in [6.07, 6.45) is 3.47. The van der Waals surface area contributed by atoms with Crippen LogP contribution in [0, 0.1) is 5.92 Å². The van der Waals surface area contributed by atoms with Crippen molar-refractivity contribution >= 4 is 15.7 Å². The van der Waals surface area contributed by atoms with Crippen LogP contribution in [0.2, 0.25) is 0 Å². The van der Waals surface area contributed by atoms with E-state index in [0.29, 0.717) is 6.42 Å². The molecule has 3 N–H and O–H groups in total. The minimum Gasteiger partial charge on any atom is -0.355 e. The summed E-state index contributed by atoms with van der Waals surface area (Å²) in [6, 6.07) is 0.115. The van der Waals surface area contributed by atoms with E-state index in [1.165, 1.54) is 0 Å². The van der Waals surface area contributed by atoms with Crippen LogP contribution in [0.4, 0.5) is 0 Å². The maximum absolute atomic E-state index is 11.9. The smallest absolute Gasteiger partial charge is 0.220 e. The first kappa shape index (κ1) is 16.4. The number of hydrogen-bond acceptors (Lipinski definition) is 4. The van der Waals surface area contributed by atoms with Gasteiger partial charge in [-0.3, -0.25) is 4.79 Å². The molecule has 0 aromatic rings. The quantitative estimate of drug-likeness (QED) is 0.785. The number of carbonyl (C=O) groups excluding carboxylic acids is 1. The summed E-state index contributed by atoms with van der Waals surface area (Å²) < 4.78 is 22.9. The van der Waals surface area contributed by atoms with Crippen molar-refractivity contribution in [3.63, 3.8) is 0 Å². The van der Waals surface area contributed by atoms with Crippen LogP contribution in [0.3, 0.4) is 0 Å². The van der Waals surface area contributed by atoms with Gasteiger partial charge in [-0.05, 0) is 39.5 Å². The van der Waals surface area contributed by atoms with E-state index in [1.54, 1.807) is 20.8 Å². The number of nitrogens with two attached hydrogens (primary N) is 1. The number of carbonyl (C=O) groups is 1. The Morgan fingerprint density at radius 3 is 2.42 bits per heavy atom. The minimum absolute atomic E-state index is 0.0149. The maximum atomic E-state index is 11.9. The molecule has 1 aliphatic rings. The lowest BCUT2D eigenvalue weighted by Gasteiger charge is -2.19. The number of sulfone groups is 1. The fourth-order valence-corrected chi connectivity index (χ4v) is 3.24. The Morgan fingerprint density at radius 1 is 1.32 bits per heavy atom. The molecule has 5 nitrogen and oxygen atoms in total. The van der Waals surface area contributed by atoms with Crippen LogP contribution in [-0.4, -0.2) is 37.4 Å². The second kappa shape index (κ2) is 6.22. The lowest BCUT2D eigenvalue weighted by molar-refractivity contribution is -0.121. The maximum Gasteiger partial charge on any atom is 0.220 e. The Hall–Kier alpha value is -0.620. The molecule has 2 atom stereocenters. The normalized spacial score (nSPS) is 24.4. The summed E-state index contributed by atoms with van der Waals surface area (Å²) in [5.41, 5.74) is 5.91.